The maximum Gasteiger partial charge on any atom is 0.122 e. The van der Waals surface area contributed by atoms with Crippen LogP contribution in [0.15, 0.2) is 12.4 Å². The molecule has 13 heavy (non-hydrogen) atoms. The second-order valence-corrected chi connectivity index (χ2v) is 3.22. The van der Waals surface area contributed by atoms with E-state index in [9.17, 15) is 0 Å². The first-order valence-electron chi connectivity index (χ1n) is 4.49. The highest BCUT2D eigenvalue weighted by atomic mass is 15.2. The van der Waals surface area contributed by atoms with E-state index in [2.05, 4.69) is 20.5 Å². The van der Waals surface area contributed by atoms with Crippen LogP contribution in [0.5, 0.6) is 0 Å². The lowest BCUT2D eigenvalue weighted by Gasteiger charge is -2.26. The minimum absolute atomic E-state index is 0.612. The Hall–Kier alpha value is -1.34. The lowest BCUT2D eigenvalue weighted by atomic mass is 10.3. The summed E-state index contributed by atoms with van der Waals surface area (Å²) in [6.07, 6.45) is 4.46. The van der Waals surface area contributed by atoms with E-state index < -0.39 is 0 Å². The molecular weight excluding hydrogens is 164 g/mol. The van der Waals surface area contributed by atoms with Crippen LogP contribution >= 0.6 is 0 Å². The Bertz CT molecular complexity index is 323. The average Bonchev–Trinajstić information content (AvgIpc) is 2.61. The number of aromatic nitrogens is 2. The second kappa shape index (κ2) is 3.58. The van der Waals surface area contributed by atoms with Gasteiger partial charge in [-0.3, -0.25) is 4.90 Å². The van der Waals surface area contributed by atoms with Crippen LogP contribution in [-0.4, -0.2) is 27.5 Å². The molecule has 0 aliphatic carbocycles. The quantitative estimate of drug-likeness (QED) is 0.663. The van der Waals surface area contributed by atoms with Crippen LogP contribution in [0.3, 0.4) is 0 Å². The van der Waals surface area contributed by atoms with Gasteiger partial charge in [0.2, 0.25) is 0 Å². The fourth-order valence-corrected chi connectivity index (χ4v) is 1.62. The summed E-state index contributed by atoms with van der Waals surface area (Å²) in [6.45, 7) is 3.78. The molecule has 2 rings (SSSR count). The van der Waals surface area contributed by atoms with Crippen molar-refractivity contribution in [3.8, 4) is 6.07 Å². The molecule has 0 saturated heterocycles. The third-order valence-corrected chi connectivity index (χ3v) is 2.36. The number of hydrogen-bond donors (Lipinski definition) is 0. The topological polar surface area (TPSA) is 44.9 Å². The molecule has 0 aromatic carbocycles. The first kappa shape index (κ1) is 8.27. The van der Waals surface area contributed by atoms with E-state index in [1.165, 1.54) is 0 Å². The van der Waals surface area contributed by atoms with Gasteiger partial charge in [-0.15, -0.1) is 0 Å². The van der Waals surface area contributed by atoms with Gasteiger partial charge < -0.3 is 4.57 Å². The maximum absolute atomic E-state index is 8.45. The fraction of sp³-hybridized carbons (Fsp3) is 0.556. The monoisotopic (exact) mass is 176 g/mol. The van der Waals surface area contributed by atoms with Crippen molar-refractivity contribution in [2.75, 3.05) is 13.1 Å². The van der Waals surface area contributed by atoms with Gasteiger partial charge in [-0.05, 0) is 0 Å². The van der Waals surface area contributed by atoms with Crippen LogP contribution < -0.4 is 0 Å². The minimum Gasteiger partial charge on any atom is -0.333 e. The Morgan fingerprint density at radius 3 is 3.31 bits per heavy atom. The fourth-order valence-electron chi connectivity index (χ4n) is 1.62. The van der Waals surface area contributed by atoms with E-state index in [0.717, 1.165) is 32.0 Å². The Kier molecular flexibility index (Phi) is 2.28. The molecule has 0 bridgehead atoms. The largest absolute Gasteiger partial charge is 0.333 e. The third-order valence-electron chi connectivity index (χ3n) is 2.36. The first-order valence-corrected chi connectivity index (χ1v) is 4.49. The Balaban J connectivity index is 1.97. The van der Waals surface area contributed by atoms with Crippen LogP contribution in [0.2, 0.25) is 0 Å². The van der Waals surface area contributed by atoms with Crippen molar-refractivity contribution in [3.05, 3.63) is 18.2 Å². The zero-order chi connectivity index (χ0) is 9.10. The summed E-state index contributed by atoms with van der Waals surface area (Å²) in [5, 5.41) is 8.45. The van der Waals surface area contributed by atoms with Crippen LogP contribution in [0.1, 0.15) is 12.2 Å². The zero-order valence-corrected chi connectivity index (χ0v) is 7.48. The van der Waals surface area contributed by atoms with E-state index >= 15 is 0 Å². The van der Waals surface area contributed by atoms with Crippen LogP contribution in [0.25, 0.3) is 0 Å². The summed E-state index contributed by atoms with van der Waals surface area (Å²) >= 11 is 0. The first-order chi connectivity index (χ1) is 6.40. The molecule has 0 N–H and O–H groups in total. The van der Waals surface area contributed by atoms with Gasteiger partial charge in [0.15, 0.2) is 0 Å². The van der Waals surface area contributed by atoms with Gasteiger partial charge in [-0.2, -0.15) is 5.26 Å². The average molecular weight is 176 g/mol. The molecule has 1 aliphatic heterocycles. The van der Waals surface area contributed by atoms with E-state index in [1.54, 1.807) is 0 Å². The van der Waals surface area contributed by atoms with Crippen molar-refractivity contribution in [2.24, 2.45) is 0 Å². The third kappa shape index (κ3) is 1.70. The highest BCUT2D eigenvalue weighted by Crippen LogP contribution is 2.09. The summed E-state index contributed by atoms with van der Waals surface area (Å²) < 4.78 is 2.17. The molecule has 1 aromatic rings. The van der Waals surface area contributed by atoms with Gasteiger partial charge >= 0.3 is 0 Å². The van der Waals surface area contributed by atoms with Crippen molar-refractivity contribution in [3.63, 3.8) is 0 Å². The molecular formula is C9H12N4. The summed E-state index contributed by atoms with van der Waals surface area (Å²) in [6, 6.07) is 2.16. The molecule has 0 saturated carbocycles. The van der Waals surface area contributed by atoms with Crippen LogP contribution in [-0.2, 0) is 13.1 Å². The van der Waals surface area contributed by atoms with Gasteiger partial charge in [0.1, 0.15) is 5.82 Å². The molecule has 0 atom stereocenters. The predicted octanol–water partition coefficient (Wildman–Crippen LogP) is 0.612. The number of nitriles is 1. The maximum atomic E-state index is 8.45. The number of nitrogens with zero attached hydrogens (tertiary/aromatic N) is 4. The lowest BCUT2D eigenvalue weighted by Crippen LogP contribution is -2.34. The molecule has 0 radical (unpaired) electrons. The minimum atomic E-state index is 0.612. The van der Waals surface area contributed by atoms with Gasteiger partial charge in [-0.1, -0.05) is 0 Å². The van der Waals surface area contributed by atoms with Crippen molar-refractivity contribution in [2.45, 2.75) is 19.5 Å². The summed E-state index contributed by atoms with van der Waals surface area (Å²) in [5.74, 6) is 1.11. The Morgan fingerprint density at radius 1 is 1.54 bits per heavy atom. The molecule has 0 fully saturated rings. The van der Waals surface area contributed by atoms with Crippen molar-refractivity contribution < 1.29 is 0 Å². The SMILES string of the molecule is N#CCCN1CCn2ccnc2C1. The number of hydrogen-bond acceptors (Lipinski definition) is 3. The van der Waals surface area contributed by atoms with E-state index in [4.69, 9.17) is 5.26 Å². The number of rotatable bonds is 2. The number of imidazole rings is 1. The molecule has 68 valence electrons. The van der Waals surface area contributed by atoms with Gasteiger partial charge in [0.05, 0.1) is 12.6 Å². The van der Waals surface area contributed by atoms with E-state index in [0.29, 0.717) is 6.42 Å². The van der Waals surface area contributed by atoms with Gasteiger partial charge in [0, 0.05) is 38.4 Å². The van der Waals surface area contributed by atoms with Crippen molar-refractivity contribution >= 4 is 0 Å². The highest BCUT2D eigenvalue weighted by molar-refractivity contribution is 4.95. The molecule has 1 aromatic heterocycles. The molecule has 0 amide bonds. The molecule has 4 nitrogen and oxygen atoms in total. The molecule has 0 spiro atoms. The van der Waals surface area contributed by atoms with E-state index in [1.807, 2.05) is 12.4 Å². The van der Waals surface area contributed by atoms with Crippen molar-refractivity contribution in [1.29, 1.82) is 5.26 Å². The number of fused-ring (bicyclic) bond motifs is 1. The van der Waals surface area contributed by atoms with Gasteiger partial charge in [-0.25, -0.2) is 4.98 Å². The van der Waals surface area contributed by atoms with Crippen molar-refractivity contribution in [1.82, 2.24) is 14.5 Å². The molecule has 1 aliphatic rings. The predicted molar refractivity (Wildman–Crippen MR) is 47.7 cm³/mol. The zero-order valence-electron chi connectivity index (χ0n) is 7.48. The summed E-state index contributed by atoms with van der Waals surface area (Å²) in [4.78, 5) is 6.52. The molecule has 0 unspecified atom stereocenters. The summed E-state index contributed by atoms with van der Waals surface area (Å²) in [5.41, 5.74) is 0. The normalized spacial score (nSPS) is 16.5. The Morgan fingerprint density at radius 2 is 2.46 bits per heavy atom. The van der Waals surface area contributed by atoms with Gasteiger partial charge in [0.25, 0.3) is 0 Å². The van der Waals surface area contributed by atoms with Crippen LogP contribution in [0.4, 0.5) is 0 Å². The summed E-state index contributed by atoms with van der Waals surface area (Å²) in [7, 11) is 0. The molecule has 4 heteroatoms. The standard InChI is InChI=1S/C9H12N4/c10-2-1-4-12-6-7-13-5-3-11-9(13)8-12/h3,5H,1,4,6-8H2. The lowest BCUT2D eigenvalue weighted by molar-refractivity contribution is 0.221. The van der Waals surface area contributed by atoms with Crippen LogP contribution in [0, 0.1) is 11.3 Å². The highest BCUT2D eigenvalue weighted by Gasteiger charge is 2.15. The molecule has 2 heterocycles. The second-order valence-electron chi connectivity index (χ2n) is 3.22. The Labute approximate surface area is 77.4 Å². The smallest absolute Gasteiger partial charge is 0.122 e. The van der Waals surface area contributed by atoms with E-state index in [-0.39, 0.29) is 0 Å².